The number of phosphoric acid groups is 1. The van der Waals surface area contributed by atoms with E-state index < -0.39 is 32.5 Å². The van der Waals surface area contributed by atoms with Crippen molar-refractivity contribution in [2.75, 3.05) is 47.5 Å². The first-order chi connectivity index (χ1) is 28.4. The number of nitrogens with zero attached hydrogens (tertiary/aromatic N) is 1. The van der Waals surface area contributed by atoms with Crippen LogP contribution < -0.4 is 4.89 Å². The van der Waals surface area contributed by atoms with Gasteiger partial charge in [-0.1, -0.05) is 172 Å². The molecule has 0 bridgehead atoms. The van der Waals surface area contributed by atoms with Crippen molar-refractivity contribution < 1.29 is 46.8 Å². The van der Waals surface area contributed by atoms with E-state index in [0.717, 1.165) is 51.4 Å². The lowest BCUT2D eigenvalue weighted by Crippen LogP contribution is -2.37. The number of carbonyl (C=O) groups is 3. The fraction of sp³-hybridized carbons (Fsp3) is 0.771. The minimum atomic E-state index is -4.65. The van der Waals surface area contributed by atoms with E-state index >= 15 is 0 Å². The monoisotopic (exact) mass is 852 g/mol. The number of hydrogen-bond donors (Lipinski definition) is 0. The van der Waals surface area contributed by atoms with Crippen molar-refractivity contribution in [1.82, 2.24) is 0 Å². The van der Waals surface area contributed by atoms with Gasteiger partial charge in [0.15, 0.2) is 11.9 Å². The van der Waals surface area contributed by atoms with Crippen LogP contribution in [0.5, 0.6) is 0 Å². The van der Waals surface area contributed by atoms with Gasteiger partial charge in [-0.2, -0.15) is 0 Å². The maximum absolute atomic E-state index is 12.7. The molecule has 0 radical (unpaired) electrons. The summed E-state index contributed by atoms with van der Waals surface area (Å²) in [4.78, 5) is 49.3. The Morgan fingerprint density at radius 3 is 1.64 bits per heavy atom. The van der Waals surface area contributed by atoms with E-state index in [1.807, 2.05) is 45.4 Å². The van der Waals surface area contributed by atoms with E-state index in [0.29, 0.717) is 36.7 Å². The van der Waals surface area contributed by atoms with Gasteiger partial charge in [-0.3, -0.25) is 18.9 Å². The second-order valence-corrected chi connectivity index (χ2v) is 18.2. The number of hydrogen-bond acceptors (Lipinski definition) is 9. The first kappa shape index (κ1) is 56.6. The van der Waals surface area contributed by atoms with Crippen LogP contribution in [0.1, 0.15) is 187 Å². The number of rotatable bonds is 42. The number of ether oxygens (including phenoxy) is 2. The largest absolute Gasteiger partial charge is 0.756 e. The summed E-state index contributed by atoms with van der Waals surface area (Å²) in [6.45, 7) is 3.99. The summed E-state index contributed by atoms with van der Waals surface area (Å²) in [5, 5.41) is 0. The lowest BCUT2D eigenvalue weighted by atomic mass is 10.0. The maximum Gasteiger partial charge on any atom is 0.306 e. The van der Waals surface area contributed by atoms with E-state index in [1.165, 1.54) is 83.5 Å². The van der Waals surface area contributed by atoms with Crippen molar-refractivity contribution in [1.29, 1.82) is 0 Å². The summed E-state index contributed by atoms with van der Waals surface area (Å²) < 4.78 is 33.8. The molecule has 0 saturated heterocycles. The van der Waals surface area contributed by atoms with Gasteiger partial charge in [0.05, 0.1) is 27.7 Å². The van der Waals surface area contributed by atoms with Crippen LogP contribution in [0.15, 0.2) is 48.6 Å². The highest BCUT2D eigenvalue weighted by atomic mass is 31.2. The van der Waals surface area contributed by atoms with Gasteiger partial charge in [-0.25, -0.2) is 0 Å². The number of allylic oxidation sites excluding steroid dienone is 8. The van der Waals surface area contributed by atoms with Gasteiger partial charge in [0.1, 0.15) is 19.8 Å². The smallest absolute Gasteiger partial charge is 0.306 e. The topological polar surface area (TPSA) is 128 Å². The van der Waals surface area contributed by atoms with Gasteiger partial charge in [-0.05, 0) is 44.6 Å². The van der Waals surface area contributed by atoms with Crippen LogP contribution in [0.2, 0.25) is 0 Å². The molecule has 0 aliphatic carbocycles. The zero-order chi connectivity index (χ0) is 43.7. The van der Waals surface area contributed by atoms with Gasteiger partial charge >= 0.3 is 11.9 Å². The first-order valence-corrected chi connectivity index (χ1v) is 24.8. The molecule has 11 heteroatoms. The van der Waals surface area contributed by atoms with Gasteiger partial charge in [0, 0.05) is 19.3 Å². The average Bonchev–Trinajstić information content (AvgIpc) is 3.18. The highest BCUT2D eigenvalue weighted by Crippen LogP contribution is 2.38. The van der Waals surface area contributed by atoms with E-state index in [-0.39, 0.29) is 31.8 Å². The molecule has 0 aromatic heterocycles. The molecule has 342 valence electrons. The molecule has 1 unspecified atom stereocenters. The van der Waals surface area contributed by atoms with Gasteiger partial charge in [-0.15, -0.1) is 0 Å². The number of phosphoric ester groups is 1. The highest BCUT2D eigenvalue weighted by Gasteiger charge is 2.21. The van der Waals surface area contributed by atoms with Crippen LogP contribution in [0.25, 0.3) is 0 Å². The normalized spacial score (nSPS) is 13.9. The molecule has 0 amide bonds. The predicted molar refractivity (Wildman–Crippen MR) is 241 cm³/mol. The van der Waals surface area contributed by atoms with Crippen molar-refractivity contribution in [3.63, 3.8) is 0 Å². The second kappa shape index (κ2) is 39.8. The lowest BCUT2D eigenvalue weighted by Gasteiger charge is -2.28. The Morgan fingerprint density at radius 2 is 1.07 bits per heavy atom. The average molecular weight is 852 g/mol. The lowest BCUT2D eigenvalue weighted by molar-refractivity contribution is -0.870. The Labute approximate surface area is 360 Å². The van der Waals surface area contributed by atoms with Crippen LogP contribution in [-0.4, -0.2) is 75.8 Å². The van der Waals surface area contributed by atoms with E-state index in [9.17, 15) is 23.8 Å². The molecule has 59 heavy (non-hydrogen) atoms. The number of ketones is 1. The van der Waals surface area contributed by atoms with Crippen molar-refractivity contribution >= 4 is 25.5 Å². The quantitative estimate of drug-likeness (QED) is 0.0112. The SMILES string of the molecule is CCCCCCCCCCCCCCCCCCCC(=O)O[C@H](COC(=O)CCC/C=C\C/C=C\C/C=C\C=C\C(=O)CCCCC)COP(=O)([O-])OCC[N+](C)(C)C. The molecular formula is C48H86NO9P. The van der Waals surface area contributed by atoms with Crippen molar-refractivity contribution in [3.8, 4) is 0 Å². The molecule has 0 heterocycles. The second-order valence-electron chi connectivity index (χ2n) is 16.8. The Hall–Kier alpha value is -2.36. The van der Waals surface area contributed by atoms with Crippen molar-refractivity contribution in [2.24, 2.45) is 0 Å². The molecule has 10 nitrogen and oxygen atoms in total. The van der Waals surface area contributed by atoms with Crippen LogP contribution in [0.4, 0.5) is 0 Å². The Morgan fingerprint density at radius 1 is 0.576 bits per heavy atom. The van der Waals surface area contributed by atoms with Crippen LogP contribution in [0.3, 0.4) is 0 Å². The summed E-state index contributed by atoms with van der Waals surface area (Å²) in [5.41, 5.74) is 0. The Bertz CT molecular complexity index is 1210. The molecule has 0 aromatic rings. The number of esters is 2. The first-order valence-electron chi connectivity index (χ1n) is 23.3. The number of unbranched alkanes of at least 4 members (excludes halogenated alkanes) is 19. The standard InChI is InChI=1S/C48H86NO9P/c1-6-8-10-11-12-13-14-15-16-17-18-19-22-26-29-32-36-40-48(52)58-46(44-57-59(53,54)56-42-41-49(3,4)5)43-55-47(51)39-35-31-28-25-23-20-21-24-27-30-34-38-45(50)37-33-9-7-2/h20-21,25,27-28,30,34,38,46H,6-19,22-24,26,29,31-33,35-37,39-44H2,1-5H3/b21-20-,28-25-,30-27-,38-34+/t46-/m1/s1. The van der Waals surface area contributed by atoms with Gasteiger partial charge < -0.3 is 27.9 Å². The zero-order valence-corrected chi connectivity index (χ0v) is 39.1. The summed E-state index contributed by atoms with van der Waals surface area (Å²) >= 11 is 0. The third-order valence-electron chi connectivity index (χ3n) is 9.83. The maximum atomic E-state index is 12.7. The van der Waals surface area contributed by atoms with E-state index in [1.54, 1.807) is 12.2 Å². The summed E-state index contributed by atoms with van der Waals surface area (Å²) in [6, 6.07) is 0. The number of likely N-dealkylation sites (N-methyl/N-ethyl adjacent to an activating group) is 1. The summed E-state index contributed by atoms with van der Waals surface area (Å²) in [5.74, 6) is -0.761. The molecule has 0 spiro atoms. The molecule has 0 aliphatic rings. The predicted octanol–water partition coefficient (Wildman–Crippen LogP) is 12.0. The molecular weight excluding hydrogens is 766 g/mol. The third kappa shape index (κ3) is 43.5. The number of quaternary nitrogens is 1. The zero-order valence-electron chi connectivity index (χ0n) is 38.2. The summed E-state index contributed by atoms with van der Waals surface area (Å²) in [7, 11) is 1.10. The van der Waals surface area contributed by atoms with E-state index in [4.69, 9.17) is 18.5 Å². The molecule has 0 fully saturated rings. The fourth-order valence-electron chi connectivity index (χ4n) is 6.13. The van der Waals surface area contributed by atoms with Gasteiger partial charge in [0.25, 0.3) is 7.82 Å². The minimum absolute atomic E-state index is 0.0493. The number of carbonyl (C=O) groups excluding carboxylic acids is 3. The molecule has 0 rings (SSSR count). The van der Waals surface area contributed by atoms with Crippen LogP contribution >= 0.6 is 7.82 Å². The minimum Gasteiger partial charge on any atom is -0.756 e. The fourth-order valence-corrected chi connectivity index (χ4v) is 6.86. The Balaban J connectivity index is 4.44. The molecule has 2 atom stereocenters. The Kier molecular flexibility index (Phi) is 38.2. The van der Waals surface area contributed by atoms with Crippen LogP contribution in [-0.2, 0) is 37.5 Å². The molecule has 0 aliphatic heterocycles. The van der Waals surface area contributed by atoms with Crippen molar-refractivity contribution in [2.45, 2.75) is 193 Å². The third-order valence-corrected chi connectivity index (χ3v) is 10.8. The molecule has 0 saturated carbocycles. The van der Waals surface area contributed by atoms with Gasteiger partial charge in [0.2, 0.25) is 0 Å². The molecule has 0 N–H and O–H groups in total. The summed E-state index contributed by atoms with van der Waals surface area (Å²) in [6.07, 6.45) is 42.7. The highest BCUT2D eigenvalue weighted by molar-refractivity contribution is 7.45. The van der Waals surface area contributed by atoms with Crippen molar-refractivity contribution in [3.05, 3.63) is 48.6 Å². The van der Waals surface area contributed by atoms with E-state index in [2.05, 4.69) is 26.0 Å². The van der Waals surface area contributed by atoms with Crippen LogP contribution in [0, 0.1) is 0 Å². The molecule has 0 aromatic carbocycles.